The van der Waals surface area contributed by atoms with Gasteiger partial charge in [-0.3, -0.25) is 0 Å². The van der Waals surface area contributed by atoms with E-state index in [0.717, 1.165) is 23.7 Å². The number of hydrogen-bond acceptors (Lipinski definition) is 5. The molecule has 140 valence electrons. The topological polar surface area (TPSA) is 76.8 Å². The summed E-state index contributed by atoms with van der Waals surface area (Å²) in [7, 11) is 0. The second-order valence-corrected chi connectivity index (χ2v) is 7.24. The fourth-order valence-corrected chi connectivity index (χ4v) is 3.59. The lowest BCUT2D eigenvalue weighted by molar-refractivity contribution is -0.142. The maximum Gasteiger partial charge on any atom is 0.520 e. The highest BCUT2D eigenvalue weighted by atomic mass is 35.5. The van der Waals surface area contributed by atoms with Crippen molar-refractivity contribution in [3.8, 4) is 11.5 Å². The largest absolute Gasteiger partial charge is 0.564 e. The van der Waals surface area contributed by atoms with E-state index in [1.54, 1.807) is 19.1 Å². The van der Waals surface area contributed by atoms with Crippen LogP contribution in [0.25, 0.3) is 0 Å². The first-order valence-corrected chi connectivity index (χ1v) is 9.30. The summed E-state index contributed by atoms with van der Waals surface area (Å²) in [6.07, 6.45) is 0. The number of aliphatic imine (C=N–C) groups is 1. The van der Waals surface area contributed by atoms with E-state index in [-0.39, 0.29) is 12.0 Å². The van der Waals surface area contributed by atoms with E-state index < -0.39 is 5.97 Å². The molecule has 2 atom stereocenters. The van der Waals surface area contributed by atoms with Gasteiger partial charge in [-0.05, 0) is 37.3 Å². The Morgan fingerprint density at radius 3 is 2.96 bits per heavy atom. The number of ether oxygens (including phenoxy) is 1. The highest BCUT2D eigenvalue weighted by Crippen LogP contribution is 2.39. The third-order valence-corrected chi connectivity index (χ3v) is 5.25. The molecular weight excluding hydrogens is 366 g/mol. The normalized spacial score (nSPS) is 19.9. The Labute approximate surface area is 162 Å². The molecule has 0 bridgehead atoms. The number of carbonyl (C=O) groups excluding carboxylic acids is 1. The highest BCUT2D eigenvalue weighted by Gasteiger charge is 2.34. The molecule has 1 fully saturated rings. The minimum Gasteiger partial charge on any atom is -0.564 e. The van der Waals surface area contributed by atoms with Crippen LogP contribution < -0.4 is 10.1 Å². The third kappa shape index (κ3) is 3.50. The van der Waals surface area contributed by atoms with Crippen molar-refractivity contribution in [2.24, 2.45) is 10.9 Å². The predicted molar refractivity (Wildman–Crippen MR) is 105 cm³/mol. The number of para-hydroxylation sites is 1. The van der Waals surface area contributed by atoms with Crippen LogP contribution in [0, 0.1) is 5.92 Å². The molecule has 2 aromatic rings. The van der Waals surface area contributed by atoms with Crippen LogP contribution >= 0.6 is 11.6 Å². The van der Waals surface area contributed by atoms with Crippen molar-refractivity contribution in [2.75, 3.05) is 19.6 Å². The van der Waals surface area contributed by atoms with E-state index in [4.69, 9.17) is 26.4 Å². The average molecular weight is 387 g/mol. The zero-order valence-corrected chi connectivity index (χ0v) is 15.7. The Kier molecular flexibility index (Phi) is 4.76. The summed E-state index contributed by atoms with van der Waals surface area (Å²) in [6, 6.07) is 13.1. The smallest absolute Gasteiger partial charge is 0.520 e. The first-order valence-electron chi connectivity index (χ1n) is 8.92. The highest BCUT2D eigenvalue weighted by molar-refractivity contribution is 6.31. The summed E-state index contributed by atoms with van der Waals surface area (Å²) in [5, 5.41) is 11.4. The third-order valence-electron chi connectivity index (χ3n) is 5.02. The molecular formula is C20H21ClN3O3+. The number of hydrogen-bond donors (Lipinski definition) is 1. The van der Waals surface area contributed by atoms with Gasteiger partial charge in [0, 0.05) is 35.5 Å². The van der Waals surface area contributed by atoms with Gasteiger partial charge in [0.05, 0.1) is 5.56 Å². The first-order chi connectivity index (χ1) is 13.0. The molecule has 27 heavy (non-hydrogen) atoms. The molecule has 1 saturated heterocycles. The molecule has 0 amide bonds. The van der Waals surface area contributed by atoms with Gasteiger partial charge in [0.15, 0.2) is 5.75 Å². The van der Waals surface area contributed by atoms with Crippen LogP contribution in [0.1, 0.15) is 12.5 Å². The van der Waals surface area contributed by atoms with Crippen LogP contribution in [-0.2, 0) is 4.79 Å². The number of fused-ring (bicyclic) bond motifs is 2. The molecule has 0 aromatic heterocycles. The summed E-state index contributed by atoms with van der Waals surface area (Å²) < 4.78 is 6.09. The van der Waals surface area contributed by atoms with Gasteiger partial charge in [0.2, 0.25) is 0 Å². The van der Waals surface area contributed by atoms with Crippen molar-refractivity contribution >= 4 is 29.1 Å². The molecule has 0 aliphatic carbocycles. The summed E-state index contributed by atoms with van der Waals surface area (Å²) in [4.78, 5) is 18.6. The van der Waals surface area contributed by atoms with Gasteiger partial charge in [-0.1, -0.05) is 23.7 Å². The van der Waals surface area contributed by atoms with Crippen molar-refractivity contribution in [2.45, 2.75) is 13.0 Å². The van der Waals surface area contributed by atoms with Crippen LogP contribution in [0.2, 0.25) is 5.02 Å². The van der Waals surface area contributed by atoms with E-state index in [1.165, 1.54) is 0 Å². The second kappa shape index (κ2) is 7.21. The minimum absolute atomic E-state index is 0.0957. The SMILES string of the molecule is C[C@H](C(=O)[OH2+])[C@H]1CN(C2=Nc3cc(Cl)ccc3Oc3ccccc32)CCN1. The fraction of sp³-hybridized carbons (Fsp3) is 0.300. The Hall–Kier alpha value is -2.57. The molecule has 0 spiro atoms. The van der Waals surface area contributed by atoms with Crippen molar-refractivity contribution in [1.29, 1.82) is 0 Å². The minimum atomic E-state index is -0.557. The molecule has 4 rings (SSSR count). The molecule has 2 aliphatic heterocycles. The summed E-state index contributed by atoms with van der Waals surface area (Å²) >= 11 is 6.17. The van der Waals surface area contributed by atoms with E-state index in [1.807, 2.05) is 30.3 Å². The van der Waals surface area contributed by atoms with Gasteiger partial charge in [-0.15, -0.1) is 0 Å². The lowest BCUT2D eigenvalue weighted by atomic mass is 9.99. The Morgan fingerprint density at radius 1 is 1.33 bits per heavy atom. The molecule has 0 radical (unpaired) electrons. The maximum atomic E-state index is 11.5. The molecule has 3 N–H and O–H groups in total. The summed E-state index contributed by atoms with van der Waals surface area (Å²) in [5.74, 6) is 1.24. The number of benzene rings is 2. The molecule has 0 unspecified atom stereocenters. The van der Waals surface area contributed by atoms with Gasteiger partial charge < -0.3 is 20.1 Å². The van der Waals surface area contributed by atoms with Gasteiger partial charge >= 0.3 is 5.97 Å². The number of rotatable bonds is 2. The zero-order valence-electron chi connectivity index (χ0n) is 14.9. The molecule has 0 saturated carbocycles. The van der Waals surface area contributed by atoms with Crippen molar-refractivity contribution in [3.63, 3.8) is 0 Å². The van der Waals surface area contributed by atoms with Crippen LogP contribution in [0.5, 0.6) is 11.5 Å². The Bertz CT molecular complexity index is 915. The van der Waals surface area contributed by atoms with Crippen LogP contribution in [0.4, 0.5) is 5.69 Å². The molecule has 7 heteroatoms. The standard InChI is InChI=1S/C20H20ClN3O3/c1-12(20(25)26)16-11-24(9-8-22-16)19-14-4-2-3-5-17(14)27-18-7-6-13(21)10-15(18)23-19/h2-7,10,12,16,22H,8-9,11H2,1H3,(H,25,26)/p+1/t12-,16+/m0/s1. The predicted octanol–water partition coefficient (Wildman–Crippen LogP) is 2.69. The number of amidine groups is 1. The lowest BCUT2D eigenvalue weighted by Gasteiger charge is -2.36. The van der Waals surface area contributed by atoms with Gasteiger partial charge in [-0.2, -0.15) is 0 Å². The fourth-order valence-electron chi connectivity index (χ4n) is 3.43. The summed E-state index contributed by atoms with van der Waals surface area (Å²) in [6.45, 7) is 3.84. The van der Waals surface area contributed by atoms with Crippen molar-refractivity contribution < 1.29 is 14.6 Å². The number of carbonyl (C=O) groups is 1. The van der Waals surface area contributed by atoms with Gasteiger partial charge in [0.25, 0.3) is 0 Å². The van der Waals surface area contributed by atoms with Crippen molar-refractivity contribution in [1.82, 2.24) is 10.2 Å². The first kappa shape index (κ1) is 17.8. The molecule has 2 heterocycles. The Balaban J connectivity index is 1.76. The molecule has 6 nitrogen and oxygen atoms in total. The van der Waals surface area contributed by atoms with Crippen LogP contribution in [-0.4, -0.2) is 47.5 Å². The number of nitrogens with zero attached hydrogens (tertiary/aromatic N) is 2. The quantitative estimate of drug-likeness (QED) is 0.805. The van der Waals surface area contributed by atoms with E-state index in [9.17, 15) is 4.79 Å². The monoisotopic (exact) mass is 386 g/mol. The van der Waals surface area contributed by atoms with Gasteiger partial charge in [0.1, 0.15) is 23.2 Å². The lowest BCUT2D eigenvalue weighted by Crippen LogP contribution is -2.56. The van der Waals surface area contributed by atoms with Gasteiger partial charge in [-0.25, -0.2) is 4.99 Å². The number of piperazine rings is 1. The van der Waals surface area contributed by atoms with E-state index in [0.29, 0.717) is 29.5 Å². The Morgan fingerprint density at radius 2 is 2.15 bits per heavy atom. The zero-order chi connectivity index (χ0) is 19.0. The molecule has 2 aromatic carbocycles. The number of halogens is 1. The molecule has 2 aliphatic rings. The average Bonchev–Trinajstić information content (AvgIpc) is 2.84. The second-order valence-electron chi connectivity index (χ2n) is 6.81. The van der Waals surface area contributed by atoms with Crippen molar-refractivity contribution in [3.05, 3.63) is 53.1 Å². The number of nitrogens with one attached hydrogen (secondary N) is 1. The maximum absolute atomic E-state index is 11.5. The van der Waals surface area contributed by atoms with Crippen LogP contribution in [0.3, 0.4) is 0 Å². The van der Waals surface area contributed by atoms with E-state index >= 15 is 0 Å². The van der Waals surface area contributed by atoms with E-state index in [2.05, 4.69) is 10.2 Å². The summed E-state index contributed by atoms with van der Waals surface area (Å²) in [5.41, 5.74) is 1.57. The van der Waals surface area contributed by atoms with Crippen LogP contribution in [0.15, 0.2) is 47.5 Å².